The quantitative estimate of drug-likeness (QED) is 0.639. The molecule has 0 radical (unpaired) electrons. The van der Waals surface area contributed by atoms with Gasteiger partial charge in [-0.05, 0) is 45.8 Å². The highest BCUT2D eigenvalue weighted by atomic mass is 16.3. The second-order valence-corrected chi connectivity index (χ2v) is 9.91. The number of rotatable bonds is 8. The molecule has 0 saturated heterocycles. The molecule has 1 atom stereocenters. The number of carbonyl (C=O) groups excluding carboxylic acids is 2. The number of carbonyl (C=O) groups is 2. The lowest BCUT2D eigenvalue weighted by Crippen LogP contribution is -2.65. The zero-order valence-corrected chi connectivity index (χ0v) is 20.6. The van der Waals surface area contributed by atoms with Crippen molar-refractivity contribution in [1.82, 2.24) is 19.7 Å². The van der Waals surface area contributed by atoms with E-state index >= 15 is 0 Å². The predicted molar refractivity (Wildman–Crippen MR) is 130 cm³/mol. The fraction of sp³-hybridized carbons (Fsp3) is 0.692. The minimum atomic E-state index is -0.932. The number of fused-ring (bicyclic) bond motifs is 3. The minimum Gasteiger partial charge on any atom is -0.463 e. The highest BCUT2D eigenvalue weighted by Gasteiger charge is 2.48. The van der Waals surface area contributed by atoms with Crippen LogP contribution in [0.2, 0.25) is 0 Å². The highest BCUT2D eigenvalue weighted by molar-refractivity contribution is 6.02. The summed E-state index contributed by atoms with van der Waals surface area (Å²) in [6, 6.07) is 3.90. The summed E-state index contributed by atoms with van der Waals surface area (Å²) in [4.78, 5) is 31.7. The molecule has 1 fully saturated rings. The van der Waals surface area contributed by atoms with Gasteiger partial charge in [-0.25, -0.2) is 0 Å². The van der Waals surface area contributed by atoms with Crippen LogP contribution in [-0.4, -0.2) is 63.9 Å². The van der Waals surface area contributed by atoms with E-state index in [9.17, 15) is 9.59 Å². The van der Waals surface area contributed by atoms with Crippen LogP contribution in [0.5, 0.6) is 0 Å². The lowest BCUT2D eigenvalue weighted by atomic mass is 9.92. The number of hydrogen-bond donors (Lipinski definition) is 1. The largest absolute Gasteiger partial charge is 0.463 e. The molecule has 2 aromatic rings. The van der Waals surface area contributed by atoms with Crippen LogP contribution >= 0.6 is 0 Å². The van der Waals surface area contributed by atoms with Crippen molar-refractivity contribution in [2.45, 2.75) is 90.3 Å². The smallest absolute Gasteiger partial charge is 0.271 e. The second-order valence-electron chi connectivity index (χ2n) is 9.91. The SMILES string of the molecule is CCN(CC)CCCN1C(=O)c2cc3occc3n2C[C@]1(C)C(=O)NC1CCCCCCC1. The molecular weight excluding hydrogens is 416 g/mol. The monoisotopic (exact) mass is 456 g/mol. The molecule has 1 aliphatic carbocycles. The molecule has 182 valence electrons. The average molecular weight is 457 g/mol. The van der Waals surface area contributed by atoms with Crippen LogP contribution < -0.4 is 5.32 Å². The van der Waals surface area contributed by atoms with Crippen LogP contribution in [0, 0.1) is 0 Å². The molecule has 33 heavy (non-hydrogen) atoms. The first-order chi connectivity index (χ1) is 16.0. The van der Waals surface area contributed by atoms with E-state index in [4.69, 9.17) is 4.42 Å². The third-order valence-electron chi connectivity index (χ3n) is 7.73. The predicted octanol–water partition coefficient (Wildman–Crippen LogP) is 4.41. The maximum atomic E-state index is 13.8. The van der Waals surface area contributed by atoms with Crippen molar-refractivity contribution >= 4 is 22.9 Å². The van der Waals surface area contributed by atoms with Crippen molar-refractivity contribution in [3.63, 3.8) is 0 Å². The van der Waals surface area contributed by atoms with Gasteiger partial charge in [0.2, 0.25) is 5.91 Å². The molecule has 2 amide bonds. The molecule has 2 aliphatic rings. The van der Waals surface area contributed by atoms with E-state index in [1.54, 1.807) is 6.26 Å². The summed E-state index contributed by atoms with van der Waals surface area (Å²) in [6.45, 7) is 10.2. The third-order valence-corrected chi connectivity index (χ3v) is 7.73. The molecule has 0 aromatic carbocycles. The standard InChI is InChI=1S/C26H40N4O3/c1-4-28(5-2)15-11-16-30-24(31)22-18-23-21(14-17-33-23)29(22)19-26(30,3)25(32)27-20-12-9-7-6-8-10-13-20/h14,17-18,20H,4-13,15-16,19H2,1-3H3,(H,27,32)/t26-/m1/s1. The first-order valence-electron chi connectivity index (χ1n) is 12.9. The van der Waals surface area contributed by atoms with Gasteiger partial charge in [-0.2, -0.15) is 0 Å². The van der Waals surface area contributed by atoms with E-state index in [1.165, 1.54) is 19.3 Å². The Morgan fingerprint density at radius 2 is 1.88 bits per heavy atom. The Bertz CT molecular complexity index is 952. The summed E-state index contributed by atoms with van der Waals surface area (Å²) in [5.74, 6) is -0.109. The molecule has 1 saturated carbocycles. The molecule has 1 aliphatic heterocycles. The first kappa shape index (κ1) is 23.9. The van der Waals surface area contributed by atoms with Gasteiger partial charge in [0, 0.05) is 24.7 Å². The number of amides is 2. The lowest BCUT2D eigenvalue weighted by molar-refractivity contribution is -0.133. The molecule has 0 unspecified atom stereocenters. The summed E-state index contributed by atoms with van der Waals surface area (Å²) >= 11 is 0. The van der Waals surface area contributed by atoms with Gasteiger partial charge in [0.25, 0.3) is 5.91 Å². The van der Waals surface area contributed by atoms with Crippen molar-refractivity contribution < 1.29 is 14.0 Å². The maximum Gasteiger partial charge on any atom is 0.271 e. The van der Waals surface area contributed by atoms with Gasteiger partial charge in [-0.1, -0.05) is 46.0 Å². The van der Waals surface area contributed by atoms with Crippen molar-refractivity contribution in [2.24, 2.45) is 0 Å². The number of aromatic nitrogens is 1. The van der Waals surface area contributed by atoms with Gasteiger partial charge < -0.3 is 24.1 Å². The number of nitrogens with zero attached hydrogens (tertiary/aromatic N) is 3. The van der Waals surface area contributed by atoms with Crippen molar-refractivity contribution in [2.75, 3.05) is 26.2 Å². The summed E-state index contributed by atoms with van der Waals surface area (Å²) in [6.07, 6.45) is 10.6. The van der Waals surface area contributed by atoms with Crippen LogP contribution in [0.4, 0.5) is 0 Å². The second kappa shape index (κ2) is 10.3. The Kier molecular flexibility index (Phi) is 7.47. The summed E-state index contributed by atoms with van der Waals surface area (Å²) in [5.41, 5.74) is 1.26. The van der Waals surface area contributed by atoms with Crippen LogP contribution in [0.15, 0.2) is 22.8 Å². The van der Waals surface area contributed by atoms with Gasteiger partial charge in [0.1, 0.15) is 11.2 Å². The lowest BCUT2D eigenvalue weighted by Gasteiger charge is -2.45. The van der Waals surface area contributed by atoms with E-state index in [-0.39, 0.29) is 17.9 Å². The van der Waals surface area contributed by atoms with E-state index in [0.717, 1.165) is 57.3 Å². The average Bonchev–Trinajstić information content (AvgIpc) is 3.37. The summed E-state index contributed by atoms with van der Waals surface area (Å²) in [5, 5.41) is 3.35. The minimum absolute atomic E-state index is 0.0275. The van der Waals surface area contributed by atoms with Gasteiger partial charge in [0.15, 0.2) is 5.58 Å². The molecule has 2 aromatic heterocycles. The van der Waals surface area contributed by atoms with Gasteiger partial charge in [-0.3, -0.25) is 9.59 Å². The maximum absolute atomic E-state index is 13.8. The Balaban J connectivity index is 1.58. The number of hydrogen-bond acceptors (Lipinski definition) is 4. The molecule has 7 heteroatoms. The van der Waals surface area contributed by atoms with E-state index in [0.29, 0.717) is 24.4 Å². The molecule has 7 nitrogen and oxygen atoms in total. The van der Waals surface area contributed by atoms with Crippen LogP contribution in [0.3, 0.4) is 0 Å². The summed E-state index contributed by atoms with van der Waals surface area (Å²) < 4.78 is 7.55. The van der Waals surface area contributed by atoms with Crippen molar-refractivity contribution in [3.05, 3.63) is 24.1 Å². The summed E-state index contributed by atoms with van der Waals surface area (Å²) in [7, 11) is 0. The molecule has 0 spiro atoms. The Morgan fingerprint density at radius 3 is 2.58 bits per heavy atom. The van der Waals surface area contributed by atoms with Gasteiger partial charge >= 0.3 is 0 Å². The van der Waals surface area contributed by atoms with Crippen LogP contribution in [0.1, 0.15) is 82.6 Å². The van der Waals surface area contributed by atoms with E-state index in [1.807, 2.05) is 28.5 Å². The molecule has 4 rings (SSSR count). The van der Waals surface area contributed by atoms with Crippen LogP contribution in [0.25, 0.3) is 11.1 Å². The first-order valence-corrected chi connectivity index (χ1v) is 12.9. The van der Waals surface area contributed by atoms with Crippen molar-refractivity contribution in [3.8, 4) is 0 Å². The van der Waals surface area contributed by atoms with Crippen molar-refractivity contribution in [1.29, 1.82) is 0 Å². The fourth-order valence-corrected chi connectivity index (χ4v) is 5.56. The zero-order chi connectivity index (χ0) is 23.4. The third kappa shape index (κ3) is 4.84. The molecular formula is C26H40N4O3. The number of nitrogens with one attached hydrogen (secondary N) is 1. The fourth-order valence-electron chi connectivity index (χ4n) is 5.56. The Hall–Kier alpha value is -2.28. The normalized spacial score (nSPS) is 22.4. The van der Waals surface area contributed by atoms with Crippen LogP contribution in [-0.2, 0) is 11.3 Å². The number of furan rings is 1. The molecule has 3 heterocycles. The molecule has 1 N–H and O–H groups in total. The molecule has 0 bridgehead atoms. The van der Waals surface area contributed by atoms with Gasteiger partial charge in [-0.15, -0.1) is 0 Å². The van der Waals surface area contributed by atoms with Gasteiger partial charge in [0.05, 0.1) is 18.3 Å². The highest BCUT2D eigenvalue weighted by Crippen LogP contribution is 2.33. The topological polar surface area (TPSA) is 70.7 Å². The van der Waals surface area contributed by atoms with E-state index in [2.05, 4.69) is 24.1 Å². The Morgan fingerprint density at radius 1 is 1.18 bits per heavy atom. The zero-order valence-electron chi connectivity index (χ0n) is 20.6. The van der Waals surface area contributed by atoms with E-state index < -0.39 is 5.54 Å². The Labute approximate surface area is 197 Å².